The lowest BCUT2D eigenvalue weighted by atomic mass is 10.1. The van der Waals surface area contributed by atoms with Crippen molar-refractivity contribution in [1.82, 2.24) is 9.88 Å². The molecule has 0 aromatic carbocycles. The van der Waals surface area contributed by atoms with Gasteiger partial charge in [-0.1, -0.05) is 0 Å². The number of carboxylic acids is 1. The number of rotatable bonds is 2. The summed E-state index contributed by atoms with van der Waals surface area (Å²) in [5.41, 5.74) is -1.05. The molecule has 0 aliphatic carbocycles. The highest BCUT2D eigenvalue weighted by atomic mass is 19.4. The van der Waals surface area contributed by atoms with Crippen LogP contribution >= 0.6 is 0 Å². The molecule has 2 heterocycles. The predicted octanol–water partition coefficient (Wildman–Crippen LogP) is 1.65. The maximum atomic E-state index is 12.3. The van der Waals surface area contributed by atoms with E-state index in [0.29, 0.717) is 6.42 Å². The predicted molar refractivity (Wildman–Crippen MR) is 60.9 cm³/mol. The Balaban J connectivity index is 2.09. The Morgan fingerprint density at radius 3 is 2.50 bits per heavy atom. The van der Waals surface area contributed by atoms with Gasteiger partial charge in [-0.05, 0) is 18.6 Å². The fourth-order valence-corrected chi connectivity index (χ4v) is 2.02. The van der Waals surface area contributed by atoms with E-state index >= 15 is 0 Å². The number of hydrogen-bond acceptors (Lipinski definition) is 3. The van der Waals surface area contributed by atoms with Crippen molar-refractivity contribution in [2.24, 2.45) is 5.92 Å². The van der Waals surface area contributed by atoms with E-state index in [1.807, 2.05) is 0 Å². The van der Waals surface area contributed by atoms with Crippen LogP contribution in [0.3, 0.4) is 0 Å². The molecule has 0 bridgehead atoms. The fraction of sp³-hybridized carbons (Fsp3) is 0.417. The molecule has 20 heavy (non-hydrogen) atoms. The standard InChI is InChI=1S/C12H11F3N2O3/c13-12(14,15)9-2-1-7(5-16-9)10(18)17-4-3-8(6-17)11(19)20/h1-2,5,8H,3-4,6H2,(H,19,20)/t8-/m1/s1. The molecule has 2 rings (SSSR count). The van der Waals surface area contributed by atoms with Crippen LogP contribution in [0.25, 0.3) is 0 Å². The van der Waals surface area contributed by atoms with Gasteiger partial charge < -0.3 is 10.0 Å². The first kappa shape index (κ1) is 14.3. The number of alkyl halides is 3. The maximum absolute atomic E-state index is 12.3. The van der Waals surface area contributed by atoms with E-state index in [1.54, 1.807) is 0 Å². The van der Waals surface area contributed by atoms with Crippen molar-refractivity contribution in [2.45, 2.75) is 12.6 Å². The highest BCUT2D eigenvalue weighted by molar-refractivity contribution is 5.94. The van der Waals surface area contributed by atoms with Gasteiger partial charge in [-0.25, -0.2) is 0 Å². The van der Waals surface area contributed by atoms with Crippen LogP contribution in [0.4, 0.5) is 13.2 Å². The van der Waals surface area contributed by atoms with E-state index in [9.17, 15) is 22.8 Å². The number of aromatic nitrogens is 1. The number of likely N-dealkylation sites (tertiary alicyclic amines) is 1. The molecule has 1 saturated heterocycles. The van der Waals surface area contributed by atoms with E-state index in [4.69, 9.17) is 5.11 Å². The fourth-order valence-electron chi connectivity index (χ4n) is 2.02. The average molecular weight is 288 g/mol. The number of halogens is 3. The van der Waals surface area contributed by atoms with Crippen molar-refractivity contribution in [3.63, 3.8) is 0 Å². The highest BCUT2D eigenvalue weighted by Gasteiger charge is 2.34. The zero-order valence-corrected chi connectivity index (χ0v) is 10.2. The lowest BCUT2D eigenvalue weighted by molar-refractivity contribution is -0.142. The smallest absolute Gasteiger partial charge is 0.433 e. The van der Waals surface area contributed by atoms with Crippen LogP contribution in [0.15, 0.2) is 18.3 Å². The zero-order chi connectivity index (χ0) is 14.9. The summed E-state index contributed by atoms with van der Waals surface area (Å²) in [6, 6.07) is 1.78. The van der Waals surface area contributed by atoms with Crippen molar-refractivity contribution in [1.29, 1.82) is 0 Å². The van der Waals surface area contributed by atoms with Gasteiger partial charge in [-0.15, -0.1) is 0 Å². The molecule has 1 aliphatic rings. The lowest BCUT2D eigenvalue weighted by Gasteiger charge is -2.15. The molecular weight excluding hydrogens is 277 g/mol. The van der Waals surface area contributed by atoms with Gasteiger partial charge in [0.15, 0.2) is 0 Å². The van der Waals surface area contributed by atoms with Crippen LogP contribution in [0.5, 0.6) is 0 Å². The lowest BCUT2D eigenvalue weighted by Crippen LogP contribution is -2.30. The van der Waals surface area contributed by atoms with E-state index in [1.165, 1.54) is 4.90 Å². The number of carboxylic acid groups (broad SMARTS) is 1. The summed E-state index contributed by atoms with van der Waals surface area (Å²) in [6.07, 6.45) is -3.35. The average Bonchev–Trinajstić information content (AvgIpc) is 2.86. The van der Waals surface area contributed by atoms with Crippen molar-refractivity contribution >= 4 is 11.9 Å². The molecule has 0 radical (unpaired) electrons. The molecule has 108 valence electrons. The van der Waals surface area contributed by atoms with E-state index in [0.717, 1.165) is 18.3 Å². The van der Waals surface area contributed by atoms with Gasteiger partial charge in [0.25, 0.3) is 5.91 Å². The summed E-state index contributed by atoms with van der Waals surface area (Å²) in [4.78, 5) is 27.3. The third kappa shape index (κ3) is 2.89. The van der Waals surface area contributed by atoms with E-state index in [-0.39, 0.29) is 18.7 Å². The monoisotopic (exact) mass is 288 g/mol. The van der Waals surface area contributed by atoms with E-state index < -0.39 is 29.7 Å². The normalized spacial score (nSPS) is 19.1. The topological polar surface area (TPSA) is 70.5 Å². The first-order valence-electron chi connectivity index (χ1n) is 5.84. The number of hydrogen-bond donors (Lipinski definition) is 1. The van der Waals surface area contributed by atoms with Crippen LogP contribution in [-0.2, 0) is 11.0 Å². The minimum Gasteiger partial charge on any atom is -0.481 e. The van der Waals surface area contributed by atoms with Crippen molar-refractivity contribution in [3.8, 4) is 0 Å². The maximum Gasteiger partial charge on any atom is 0.433 e. The Bertz CT molecular complexity index is 528. The number of aliphatic carboxylic acids is 1. The van der Waals surface area contributed by atoms with Gasteiger partial charge in [0.2, 0.25) is 0 Å². The van der Waals surface area contributed by atoms with Crippen LogP contribution in [0.1, 0.15) is 22.5 Å². The second kappa shape index (κ2) is 5.10. The highest BCUT2D eigenvalue weighted by Crippen LogP contribution is 2.27. The summed E-state index contributed by atoms with van der Waals surface area (Å²) in [5.74, 6) is -2.11. The summed E-state index contributed by atoms with van der Waals surface area (Å²) < 4.78 is 37.0. The molecule has 5 nitrogen and oxygen atoms in total. The first-order chi connectivity index (χ1) is 9.29. The summed E-state index contributed by atoms with van der Waals surface area (Å²) in [7, 11) is 0. The first-order valence-corrected chi connectivity index (χ1v) is 5.84. The summed E-state index contributed by atoms with van der Waals surface area (Å²) in [6.45, 7) is 0.339. The summed E-state index contributed by atoms with van der Waals surface area (Å²) in [5, 5.41) is 8.83. The van der Waals surface area contributed by atoms with Crippen molar-refractivity contribution in [2.75, 3.05) is 13.1 Å². The van der Waals surface area contributed by atoms with Crippen molar-refractivity contribution in [3.05, 3.63) is 29.6 Å². The van der Waals surface area contributed by atoms with Crippen LogP contribution in [0, 0.1) is 5.92 Å². The minimum absolute atomic E-state index is 0.0176. The van der Waals surface area contributed by atoms with Gasteiger partial charge >= 0.3 is 12.1 Å². The van der Waals surface area contributed by atoms with Crippen LogP contribution in [0.2, 0.25) is 0 Å². The molecule has 1 amide bonds. The van der Waals surface area contributed by atoms with Gasteiger partial charge in [0.1, 0.15) is 5.69 Å². The molecule has 0 unspecified atom stereocenters. The molecule has 1 aromatic heterocycles. The number of carbonyl (C=O) groups excluding carboxylic acids is 1. The molecule has 1 N–H and O–H groups in total. The molecule has 1 aliphatic heterocycles. The number of carbonyl (C=O) groups is 2. The quantitative estimate of drug-likeness (QED) is 0.898. The molecule has 1 atom stereocenters. The van der Waals surface area contributed by atoms with E-state index in [2.05, 4.69) is 4.98 Å². The van der Waals surface area contributed by atoms with Crippen molar-refractivity contribution < 1.29 is 27.9 Å². The SMILES string of the molecule is O=C(O)[C@@H]1CCN(C(=O)c2ccc(C(F)(F)F)nc2)C1. The number of amides is 1. The molecule has 0 spiro atoms. The van der Waals surface area contributed by atoms with Crippen LogP contribution in [-0.4, -0.2) is 40.0 Å². The molecular formula is C12H11F3N2O3. The van der Waals surface area contributed by atoms with Gasteiger partial charge in [-0.3, -0.25) is 14.6 Å². The zero-order valence-electron chi connectivity index (χ0n) is 10.2. The van der Waals surface area contributed by atoms with Gasteiger partial charge in [0, 0.05) is 19.3 Å². The number of nitrogens with zero attached hydrogens (tertiary/aromatic N) is 2. The Labute approximate surface area is 112 Å². The number of pyridine rings is 1. The molecule has 8 heteroatoms. The van der Waals surface area contributed by atoms with Gasteiger partial charge in [-0.2, -0.15) is 13.2 Å². The second-order valence-electron chi connectivity index (χ2n) is 4.50. The Morgan fingerprint density at radius 2 is 2.05 bits per heavy atom. The summed E-state index contributed by atoms with van der Waals surface area (Å²) >= 11 is 0. The largest absolute Gasteiger partial charge is 0.481 e. The molecule has 1 fully saturated rings. The minimum atomic E-state index is -4.55. The Morgan fingerprint density at radius 1 is 1.35 bits per heavy atom. The molecule has 1 aromatic rings. The second-order valence-corrected chi connectivity index (χ2v) is 4.50. The Kier molecular flexibility index (Phi) is 3.65. The molecule has 0 saturated carbocycles. The third-order valence-electron chi connectivity index (χ3n) is 3.13. The van der Waals surface area contributed by atoms with Gasteiger partial charge in [0.05, 0.1) is 11.5 Å². The van der Waals surface area contributed by atoms with Crippen LogP contribution < -0.4 is 0 Å². The third-order valence-corrected chi connectivity index (χ3v) is 3.13. The Hall–Kier alpha value is -2.12.